The molecule has 0 aliphatic carbocycles. The summed E-state index contributed by atoms with van der Waals surface area (Å²) >= 11 is 0. The fraction of sp³-hybridized carbons (Fsp3) is 0.450. The molecular weight excluding hydrogens is 298 g/mol. The van der Waals surface area contributed by atoms with Gasteiger partial charge in [0.2, 0.25) is 0 Å². The Kier molecular flexibility index (Phi) is 6.07. The van der Waals surface area contributed by atoms with E-state index in [1.807, 2.05) is 12.4 Å². The number of pyridine rings is 1. The molecule has 1 aliphatic rings. The molecule has 0 unspecified atom stereocenters. The fourth-order valence-electron chi connectivity index (χ4n) is 3.11. The minimum Gasteiger partial charge on any atom is -0.490 e. The third kappa shape index (κ3) is 4.71. The lowest BCUT2D eigenvalue weighted by Crippen LogP contribution is -2.27. The Morgan fingerprint density at radius 1 is 1.08 bits per heavy atom. The molecule has 0 radical (unpaired) electrons. The average Bonchev–Trinajstić information content (AvgIpc) is 2.65. The summed E-state index contributed by atoms with van der Waals surface area (Å²) in [7, 11) is 0. The van der Waals surface area contributed by atoms with Gasteiger partial charge < -0.3 is 15.0 Å². The molecule has 0 saturated carbocycles. The Labute approximate surface area is 144 Å². The van der Waals surface area contributed by atoms with Crippen molar-refractivity contribution in [3.8, 4) is 5.75 Å². The zero-order valence-corrected chi connectivity index (χ0v) is 14.5. The van der Waals surface area contributed by atoms with Gasteiger partial charge in [0.1, 0.15) is 12.4 Å². The number of fused-ring (bicyclic) bond motifs is 1. The monoisotopic (exact) mass is 325 g/mol. The van der Waals surface area contributed by atoms with Gasteiger partial charge in [0.15, 0.2) is 0 Å². The number of aryl methyl sites for hydroxylation is 1. The Morgan fingerprint density at radius 2 is 1.96 bits per heavy atom. The van der Waals surface area contributed by atoms with Gasteiger partial charge in [-0.2, -0.15) is 0 Å². The summed E-state index contributed by atoms with van der Waals surface area (Å²) in [4.78, 5) is 6.61. The van der Waals surface area contributed by atoms with Crippen molar-refractivity contribution in [1.29, 1.82) is 0 Å². The Bertz CT molecular complexity index is 630. The highest BCUT2D eigenvalue weighted by molar-refractivity contribution is 5.59. The number of likely N-dealkylation sites (N-methyl/N-ethyl adjacent to an activating group) is 1. The number of anilines is 1. The predicted molar refractivity (Wildman–Crippen MR) is 98.8 cm³/mol. The lowest BCUT2D eigenvalue weighted by molar-refractivity contribution is 0.288. The topological polar surface area (TPSA) is 37.4 Å². The number of hydrogen-bond donors (Lipinski definition) is 1. The number of ether oxygens (including phenoxy) is 1. The zero-order chi connectivity index (χ0) is 16.6. The third-order valence-corrected chi connectivity index (χ3v) is 4.57. The summed E-state index contributed by atoms with van der Waals surface area (Å²) < 4.78 is 5.64. The standard InChI is InChI=1S/C20H27N3O/c1-2-23(14-9-17-7-10-21-11-8-17)13-3-4-18-5-6-20-19(16-18)22-12-15-24-20/h5-8,10-11,16,22H,2-4,9,12-15H2,1H3. The van der Waals surface area contributed by atoms with Crippen LogP contribution < -0.4 is 10.1 Å². The number of hydrogen-bond acceptors (Lipinski definition) is 4. The Morgan fingerprint density at radius 3 is 2.79 bits per heavy atom. The van der Waals surface area contributed by atoms with Crippen LogP contribution in [0.1, 0.15) is 24.5 Å². The summed E-state index contributed by atoms with van der Waals surface area (Å²) in [6.07, 6.45) is 7.14. The van der Waals surface area contributed by atoms with E-state index in [9.17, 15) is 0 Å². The van der Waals surface area contributed by atoms with E-state index in [1.165, 1.54) is 17.5 Å². The molecule has 2 aromatic rings. The molecule has 1 N–H and O–H groups in total. The fourth-order valence-corrected chi connectivity index (χ4v) is 3.11. The second kappa shape index (κ2) is 8.69. The van der Waals surface area contributed by atoms with E-state index in [2.05, 4.69) is 52.5 Å². The van der Waals surface area contributed by atoms with Gasteiger partial charge >= 0.3 is 0 Å². The maximum absolute atomic E-state index is 5.64. The Hall–Kier alpha value is -2.07. The van der Waals surface area contributed by atoms with Crippen molar-refractivity contribution in [3.05, 3.63) is 53.9 Å². The van der Waals surface area contributed by atoms with E-state index in [4.69, 9.17) is 4.74 Å². The van der Waals surface area contributed by atoms with E-state index in [0.29, 0.717) is 0 Å². The van der Waals surface area contributed by atoms with Crippen molar-refractivity contribution in [2.75, 3.05) is 38.1 Å². The molecule has 0 fully saturated rings. The first-order valence-electron chi connectivity index (χ1n) is 8.96. The van der Waals surface area contributed by atoms with Crippen LogP contribution in [0.5, 0.6) is 5.75 Å². The Balaban J connectivity index is 1.44. The molecule has 24 heavy (non-hydrogen) atoms. The van der Waals surface area contributed by atoms with Crippen LogP contribution in [0.15, 0.2) is 42.7 Å². The lowest BCUT2D eigenvalue weighted by atomic mass is 10.1. The molecule has 0 atom stereocenters. The van der Waals surface area contributed by atoms with Gasteiger partial charge in [0.05, 0.1) is 5.69 Å². The smallest absolute Gasteiger partial charge is 0.142 e. The molecule has 1 aromatic heterocycles. The van der Waals surface area contributed by atoms with E-state index in [1.54, 1.807) is 0 Å². The molecule has 0 bridgehead atoms. The number of nitrogens with zero attached hydrogens (tertiary/aromatic N) is 2. The molecule has 4 nitrogen and oxygen atoms in total. The molecule has 2 heterocycles. The highest BCUT2D eigenvalue weighted by Gasteiger charge is 2.10. The van der Waals surface area contributed by atoms with Crippen molar-refractivity contribution < 1.29 is 4.74 Å². The van der Waals surface area contributed by atoms with Crippen LogP contribution in [-0.2, 0) is 12.8 Å². The molecule has 1 aromatic carbocycles. The van der Waals surface area contributed by atoms with E-state index in [0.717, 1.165) is 57.1 Å². The SMILES string of the molecule is CCN(CCCc1ccc2c(c1)NCCO2)CCc1ccncc1. The van der Waals surface area contributed by atoms with E-state index in [-0.39, 0.29) is 0 Å². The predicted octanol–water partition coefficient (Wildman–Crippen LogP) is 3.38. The molecule has 0 saturated heterocycles. The lowest BCUT2D eigenvalue weighted by Gasteiger charge is -2.21. The largest absolute Gasteiger partial charge is 0.490 e. The van der Waals surface area contributed by atoms with Crippen LogP contribution in [0.3, 0.4) is 0 Å². The maximum Gasteiger partial charge on any atom is 0.142 e. The van der Waals surface area contributed by atoms with Crippen LogP contribution in [0, 0.1) is 0 Å². The van der Waals surface area contributed by atoms with Crippen LogP contribution in [0.4, 0.5) is 5.69 Å². The molecule has 0 amide bonds. The van der Waals surface area contributed by atoms with Gasteiger partial charge in [0.25, 0.3) is 0 Å². The minimum absolute atomic E-state index is 0.759. The maximum atomic E-state index is 5.64. The first-order valence-corrected chi connectivity index (χ1v) is 8.96. The van der Waals surface area contributed by atoms with E-state index < -0.39 is 0 Å². The van der Waals surface area contributed by atoms with Crippen LogP contribution in [0.25, 0.3) is 0 Å². The second-order valence-corrected chi connectivity index (χ2v) is 6.25. The summed E-state index contributed by atoms with van der Waals surface area (Å²) in [5.41, 5.74) is 3.89. The van der Waals surface area contributed by atoms with E-state index >= 15 is 0 Å². The highest BCUT2D eigenvalue weighted by Crippen LogP contribution is 2.28. The third-order valence-electron chi connectivity index (χ3n) is 4.57. The van der Waals surface area contributed by atoms with Gasteiger partial charge in [-0.1, -0.05) is 13.0 Å². The van der Waals surface area contributed by atoms with Crippen LogP contribution >= 0.6 is 0 Å². The molecule has 1 aliphatic heterocycles. The van der Waals surface area contributed by atoms with Gasteiger partial charge in [-0.15, -0.1) is 0 Å². The molecule has 3 rings (SSSR count). The summed E-state index contributed by atoms with van der Waals surface area (Å²) in [6.45, 7) is 7.25. The summed E-state index contributed by atoms with van der Waals surface area (Å²) in [5, 5.41) is 3.41. The molecule has 4 heteroatoms. The summed E-state index contributed by atoms with van der Waals surface area (Å²) in [5.74, 6) is 0.984. The van der Waals surface area contributed by atoms with Crippen molar-refractivity contribution in [2.45, 2.75) is 26.2 Å². The van der Waals surface area contributed by atoms with Gasteiger partial charge in [0, 0.05) is 25.5 Å². The van der Waals surface area contributed by atoms with Gasteiger partial charge in [-0.25, -0.2) is 0 Å². The molecular formula is C20H27N3O. The number of aromatic nitrogens is 1. The van der Waals surface area contributed by atoms with Crippen LogP contribution in [0.2, 0.25) is 0 Å². The van der Waals surface area contributed by atoms with Crippen molar-refractivity contribution in [1.82, 2.24) is 9.88 Å². The number of benzene rings is 1. The van der Waals surface area contributed by atoms with Crippen molar-refractivity contribution in [3.63, 3.8) is 0 Å². The minimum atomic E-state index is 0.759. The van der Waals surface area contributed by atoms with Crippen molar-refractivity contribution >= 4 is 5.69 Å². The average molecular weight is 325 g/mol. The normalized spacial score (nSPS) is 13.2. The van der Waals surface area contributed by atoms with Gasteiger partial charge in [-0.05, 0) is 67.7 Å². The molecule has 0 spiro atoms. The second-order valence-electron chi connectivity index (χ2n) is 6.25. The van der Waals surface area contributed by atoms with Crippen molar-refractivity contribution in [2.24, 2.45) is 0 Å². The zero-order valence-electron chi connectivity index (χ0n) is 14.5. The quantitative estimate of drug-likeness (QED) is 0.807. The first kappa shape index (κ1) is 16.8. The summed E-state index contributed by atoms with van der Waals surface area (Å²) in [6, 6.07) is 10.7. The van der Waals surface area contributed by atoms with Gasteiger partial charge in [-0.3, -0.25) is 4.98 Å². The first-order chi connectivity index (χ1) is 11.8. The van der Waals surface area contributed by atoms with Crippen LogP contribution in [-0.4, -0.2) is 42.7 Å². The number of rotatable bonds is 8. The molecule has 128 valence electrons. The highest BCUT2D eigenvalue weighted by atomic mass is 16.5. The number of nitrogens with one attached hydrogen (secondary N) is 1.